The Bertz CT molecular complexity index is 308. The molecule has 15 heavy (non-hydrogen) atoms. The largest absolute Gasteiger partial charge is 0.396 e. The van der Waals surface area contributed by atoms with E-state index in [1.54, 1.807) is 0 Å². The van der Waals surface area contributed by atoms with Crippen LogP contribution in [0.5, 0.6) is 0 Å². The molecule has 1 heterocycles. The summed E-state index contributed by atoms with van der Waals surface area (Å²) in [7, 11) is 0. The molecule has 1 atom stereocenters. The summed E-state index contributed by atoms with van der Waals surface area (Å²) >= 11 is 0. The van der Waals surface area contributed by atoms with E-state index in [4.69, 9.17) is 0 Å². The number of aliphatic hydroxyl groups excluding tert-OH is 1. The molecule has 3 nitrogen and oxygen atoms in total. The molecule has 1 N–H and O–H groups in total. The summed E-state index contributed by atoms with van der Waals surface area (Å²) in [6, 6.07) is 2.02. The highest BCUT2D eigenvalue weighted by Crippen LogP contribution is 2.16. The summed E-state index contributed by atoms with van der Waals surface area (Å²) in [6.45, 7) is 6.30. The van der Waals surface area contributed by atoms with Gasteiger partial charge in [0.2, 0.25) is 0 Å². The maximum Gasteiger partial charge on any atom is 0.134 e. The number of hydrogen-bond acceptors (Lipinski definition) is 3. The third kappa shape index (κ3) is 3.27. The second-order valence-electron chi connectivity index (χ2n) is 3.90. The predicted octanol–water partition coefficient (Wildman–Crippen LogP) is 2.22. The van der Waals surface area contributed by atoms with Gasteiger partial charge in [-0.1, -0.05) is 20.3 Å². The standard InChI is InChI=1S/C12H20N2O/c1-4-6-11-7-9(3)13-12(14-11)10(5-2)8-15/h7,10,15H,4-6,8H2,1-3H3. The first-order valence-electron chi connectivity index (χ1n) is 5.66. The highest BCUT2D eigenvalue weighted by Gasteiger charge is 2.12. The van der Waals surface area contributed by atoms with Gasteiger partial charge in [0.25, 0.3) is 0 Å². The van der Waals surface area contributed by atoms with Crippen molar-refractivity contribution in [1.82, 2.24) is 9.97 Å². The fourth-order valence-electron chi connectivity index (χ4n) is 1.62. The van der Waals surface area contributed by atoms with E-state index in [1.807, 2.05) is 19.9 Å². The Labute approximate surface area is 91.6 Å². The fraction of sp³-hybridized carbons (Fsp3) is 0.667. The van der Waals surface area contributed by atoms with Crippen LogP contribution in [-0.4, -0.2) is 21.7 Å². The summed E-state index contributed by atoms with van der Waals surface area (Å²) in [5.41, 5.74) is 2.09. The summed E-state index contributed by atoms with van der Waals surface area (Å²) in [6.07, 6.45) is 2.95. The third-order valence-corrected chi connectivity index (χ3v) is 2.51. The number of aryl methyl sites for hydroxylation is 2. The first kappa shape index (κ1) is 12.1. The van der Waals surface area contributed by atoms with E-state index < -0.39 is 0 Å². The van der Waals surface area contributed by atoms with E-state index in [0.29, 0.717) is 0 Å². The topological polar surface area (TPSA) is 46.0 Å². The first-order valence-corrected chi connectivity index (χ1v) is 5.66. The minimum absolute atomic E-state index is 0.0838. The zero-order chi connectivity index (χ0) is 11.3. The lowest BCUT2D eigenvalue weighted by Crippen LogP contribution is -2.10. The van der Waals surface area contributed by atoms with Gasteiger partial charge in [-0.25, -0.2) is 9.97 Å². The molecule has 3 heteroatoms. The maximum atomic E-state index is 9.21. The van der Waals surface area contributed by atoms with Crippen molar-refractivity contribution in [2.45, 2.75) is 46.0 Å². The maximum absolute atomic E-state index is 9.21. The molecule has 1 rings (SSSR count). The Balaban J connectivity index is 2.96. The van der Waals surface area contributed by atoms with Crippen LogP contribution in [0.3, 0.4) is 0 Å². The smallest absolute Gasteiger partial charge is 0.134 e. The average molecular weight is 208 g/mol. The minimum atomic E-state index is 0.0838. The molecule has 0 aromatic carbocycles. The van der Waals surface area contributed by atoms with Crippen molar-refractivity contribution in [2.75, 3.05) is 6.61 Å². The molecule has 0 aliphatic rings. The summed E-state index contributed by atoms with van der Waals surface area (Å²) < 4.78 is 0. The summed E-state index contributed by atoms with van der Waals surface area (Å²) in [5.74, 6) is 0.879. The molecule has 0 aliphatic carbocycles. The van der Waals surface area contributed by atoms with Gasteiger partial charge in [-0.05, 0) is 25.8 Å². The van der Waals surface area contributed by atoms with Crippen molar-refractivity contribution in [3.8, 4) is 0 Å². The number of rotatable bonds is 5. The molecule has 1 aromatic rings. The molecule has 1 unspecified atom stereocenters. The number of aliphatic hydroxyl groups is 1. The average Bonchev–Trinajstić information content (AvgIpc) is 2.19. The Kier molecular flexibility index (Phi) is 4.69. The normalized spacial score (nSPS) is 12.8. The summed E-state index contributed by atoms with van der Waals surface area (Å²) in [5, 5.41) is 9.21. The number of hydrogen-bond donors (Lipinski definition) is 1. The third-order valence-electron chi connectivity index (χ3n) is 2.51. The summed E-state index contributed by atoms with van der Waals surface area (Å²) in [4.78, 5) is 8.88. The van der Waals surface area contributed by atoms with Crippen molar-refractivity contribution < 1.29 is 5.11 Å². The van der Waals surface area contributed by atoms with Crippen LogP contribution in [0.1, 0.15) is 49.8 Å². The Morgan fingerprint density at radius 3 is 2.60 bits per heavy atom. The molecule has 0 fully saturated rings. The van der Waals surface area contributed by atoms with E-state index in [-0.39, 0.29) is 12.5 Å². The van der Waals surface area contributed by atoms with Gasteiger partial charge in [0.05, 0.1) is 6.61 Å². The molecule has 0 amide bonds. The van der Waals surface area contributed by atoms with Crippen LogP contribution in [0.2, 0.25) is 0 Å². The monoisotopic (exact) mass is 208 g/mol. The van der Waals surface area contributed by atoms with E-state index in [9.17, 15) is 5.11 Å². The zero-order valence-corrected chi connectivity index (χ0v) is 9.82. The van der Waals surface area contributed by atoms with Crippen molar-refractivity contribution in [2.24, 2.45) is 0 Å². The predicted molar refractivity (Wildman–Crippen MR) is 60.9 cm³/mol. The first-order chi connectivity index (χ1) is 7.21. The molecule has 0 radical (unpaired) electrons. The Morgan fingerprint density at radius 1 is 1.33 bits per heavy atom. The van der Waals surface area contributed by atoms with Crippen LogP contribution in [-0.2, 0) is 6.42 Å². The minimum Gasteiger partial charge on any atom is -0.396 e. The second-order valence-corrected chi connectivity index (χ2v) is 3.90. The van der Waals surface area contributed by atoms with Crippen molar-refractivity contribution in [3.63, 3.8) is 0 Å². The molecular formula is C12H20N2O. The molecular weight excluding hydrogens is 188 g/mol. The van der Waals surface area contributed by atoms with Crippen molar-refractivity contribution >= 4 is 0 Å². The van der Waals surface area contributed by atoms with Gasteiger partial charge in [-0.3, -0.25) is 0 Å². The van der Waals surface area contributed by atoms with Gasteiger partial charge in [-0.15, -0.1) is 0 Å². The van der Waals surface area contributed by atoms with E-state index in [2.05, 4.69) is 16.9 Å². The van der Waals surface area contributed by atoms with Crippen molar-refractivity contribution in [3.05, 3.63) is 23.3 Å². The van der Waals surface area contributed by atoms with Crippen LogP contribution in [0, 0.1) is 6.92 Å². The van der Waals surface area contributed by atoms with E-state index in [1.165, 1.54) is 0 Å². The van der Waals surface area contributed by atoms with Crippen LogP contribution < -0.4 is 0 Å². The van der Waals surface area contributed by atoms with Gasteiger partial charge < -0.3 is 5.11 Å². The lowest BCUT2D eigenvalue weighted by molar-refractivity contribution is 0.257. The molecule has 0 saturated heterocycles. The molecule has 0 spiro atoms. The molecule has 0 bridgehead atoms. The van der Waals surface area contributed by atoms with Crippen LogP contribution in [0.15, 0.2) is 6.07 Å². The lowest BCUT2D eigenvalue weighted by Gasteiger charge is -2.12. The van der Waals surface area contributed by atoms with Crippen molar-refractivity contribution in [1.29, 1.82) is 0 Å². The molecule has 1 aromatic heterocycles. The second kappa shape index (κ2) is 5.81. The highest BCUT2D eigenvalue weighted by molar-refractivity contribution is 5.12. The van der Waals surface area contributed by atoms with Gasteiger partial charge in [0.15, 0.2) is 0 Å². The number of aromatic nitrogens is 2. The van der Waals surface area contributed by atoms with Gasteiger partial charge >= 0.3 is 0 Å². The van der Waals surface area contributed by atoms with E-state index >= 15 is 0 Å². The molecule has 84 valence electrons. The van der Waals surface area contributed by atoms with Gasteiger partial charge in [-0.2, -0.15) is 0 Å². The SMILES string of the molecule is CCCc1cc(C)nc(C(CC)CO)n1. The number of nitrogens with zero attached hydrogens (tertiary/aromatic N) is 2. The van der Waals surface area contributed by atoms with Crippen LogP contribution in [0.25, 0.3) is 0 Å². The quantitative estimate of drug-likeness (QED) is 0.807. The lowest BCUT2D eigenvalue weighted by atomic mass is 10.1. The van der Waals surface area contributed by atoms with E-state index in [0.717, 1.165) is 36.5 Å². The van der Waals surface area contributed by atoms with Gasteiger partial charge in [0, 0.05) is 17.3 Å². The van der Waals surface area contributed by atoms with Crippen LogP contribution in [0.4, 0.5) is 0 Å². The zero-order valence-electron chi connectivity index (χ0n) is 9.82. The van der Waals surface area contributed by atoms with Gasteiger partial charge in [0.1, 0.15) is 5.82 Å². The fourth-order valence-corrected chi connectivity index (χ4v) is 1.62. The van der Waals surface area contributed by atoms with Crippen LogP contribution >= 0.6 is 0 Å². The molecule has 0 saturated carbocycles. The Morgan fingerprint density at radius 2 is 2.07 bits per heavy atom. The Hall–Kier alpha value is -0.960. The molecule has 0 aliphatic heterocycles. The highest BCUT2D eigenvalue weighted by atomic mass is 16.3.